The SMILES string of the molecule is CCOC(=O)C(CC(C)C)NC(=O)[C@@H](CCCCNC(=O)OCc1ccccc1)NC(=O)N[C@@H](CCCCN)C(=O)O. The number of esters is 1. The normalized spacial score (nSPS) is 12.9. The molecule has 236 valence electrons. The predicted octanol–water partition coefficient (Wildman–Crippen LogP) is 2.43. The van der Waals surface area contributed by atoms with Gasteiger partial charge in [0.15, 0.2) is 0 Å². The maximum absolute atomic E-state index is 13.2. The zero-order valence-corrected chi connectivity index (χ0v) is 24.9. The van der Waals surface area contributed by atoms with Crippen molar-refractivity contribution in [3.8, 4) is 0 Å². The summed E-state index contributed by atoms with van der Waals surface area (Å²) in [6, 6.07) is 5.28. The van der Waals surface area contributed by atoms with Crippen LogP contribution in [0.5, 0.6) is 0 Å². The Bertz CT molecular complexity index is 976. The van der Waals surface area contributed by atoms with Gasteiger partial charge in [0.1, 0.15) is 24.7 Å². The Morgan fingerprint density at radius 2 is 1.50 bits per heavy atom. The van der Waals surface area contributed by atoms with E-state index in [1.165, 1.54) is 0 Å². The Balaban J connectivity index is 2.77. The fourth-order valence-corrected chi connectivity index (χ4v) is 4.02. The van der Waals surface area contributed by atoms with Gasteiger partial charge in [0.2, 0.25) is 5.91 Å². The molecule has 0 aliphatic heterocycles. The number of rotatable bonds is 20. The zero-order valence-electron chi connectivity index (χ0n) is 24.9. The third-order valence-electron chi connectivity index (χ3n) is 6.17. The summed E-state index contributed by atoms with van der Waals surface area (Å²) < 4.78 is 10.3. The highest BCUT2D eigenvalue weighted by atomic mass is 16.5. The van der Waals surface area contributed by atoms with Crippen molar-refractivity contribution in [1.82, 2.24) is 21.3 Å². The molecule has 13 heteroatoms. The van der Waals surface area contributed by atoms with Gasteiger partial charge < -0.3 is 41.6 Å². The number of carboxylic acids is 1. The lowest BCUT2D eigenvalue weighted by molar-refractivity contribution is -0.148. The van der Waals surface area contributed by atoms with E-state index in [-0.39, 0.29) is 38.5 Å². The van der Waals surface area contributed by atoms with E-state index < -0.39 is 48.1 Å². The van der Waals surface area contributed by atoms with E-state index in [9.17, 15) is 29.1 Å². The quantitative estimate of drug-likeness (QED) is 0.0971. The van der Waals surface area contributed by atoms with Crippen LogP contribution in [0.2, 0.25) is 0 Å². The predicted molar refractivity (Wildman–Crippen MR) is 156 cm³/mol. The van der Waals surface area contributed by atoms with E-state index in [1.54, 1.807) is 6.92 Å². The molecule has 0 aliphatic carbocycles. The maximum Gasteiger partial charge on any atom is 0.407 e. The fraction of sp³-hybridized carbons (Fsp3) is 0.621. The first-order valence-corrected chi connectivity index (χ1v) is 14.5. The van der Waals surface area contributed by atoms with Crippen LogP contribution in [-0.4, -0.2) is 72.9 Å². The van der Waals surface area contributed by atoms with Crippen LogP contribution in [-0.2, 0) is 30.5 Å². The van der Waals surface area contributed by atoms with Crippen LogP contribution in [0, 0.1) is 5.92 Å². The minimum atomic E-state index is -1.20. The number of urea groups is 1. The second-order valence-electron chi connectivity index (χ2n) is 10.3. The van der Waals surface area contributed by atoms with Crippen LogP contribution in [0.3, 0.4) is 0 Å². The number of carbonyl (C=O) groups is 5. The summed E-state index contributed by atoms with van der Waals surface area (Å²) in [6.45, 7) is 6.42. The first kappa shape index (κ1) is 36.2. The monoisotopic (exact) mass is 593 g/mol. The third kappa shape index (κ3) is 15.8. The van der Waals surface area contributed by atoms with Gasteiger partial charge >= 0.3 is 24.1 Å². The summed E-state index contributed by atoms with van der Waals surface area (Å²) in [7, 11) is 0. The number of carboxylic acid groups (broad SMARTS) is 1. The Labute approximate surface area is 247 Å². The average molecular weight is 594 g/mol. The van der Waals surface area contributed by atoms with Gasteiger partial charge in [0.05, 0.1) is 6.61 Å². The van der Waals surface area contributed by atoms with Crippen molar-refractivity contribution in [2.24, 2.45) is 11.7 Å². The summed E-state index contributed by atoms with van der Waals surface area (Å²) in [5, 5.41) is 19.7. The Hall–Kier alpha value is -3.87. The molecule has 4 amide bonds. The molecule has 0 fully saturated rings. The van der Waals surface area contributed by atoms with Crippen molar-refractivity contribution < 1.29 is 38.6 Å². The molecule has 0 bridgehead atoms. The summed E-state index contributed by atoms with van der Waals surface area (Å²) in [4.78, 5) is 62.0. The molecule has 1 aromatic carbocycles. The molecular weight excluding hydrogens is 546 g/mol. The largest absolute Gasteiger partial charge is 0.480 e. The molecule has 1 rings (SSSR count). The van der Waals surface area contributed by atoms with E-state index >= 15 is 0 Å². The number of hydrogen-bond acceptors (Lipinski definition) is 8. The molecule has 7 N–H and O–H groups in total. The number of unbranched alkanes of at least 4 members (excludes halogenated alkanes) is 2. The number of benzene rings is 1. The van der Waals surface area contributed by atoms with Gasteiger partial charge in [0.25, 0.3) is 0 Å². The highest BCUT2D eigenvalue weighted by molar-refractivity contribution is 5.91. The highest BCUT2D eigenvalue weighted by Crippen LogP contribution is 2.09. The van der Waals surface area contributed by atoms with E-state index in [0.717, 1.165) is 5.56 Å². The maximum atomic E-state index is 13.2. The molecule has 1 aromatic rings. The smallest absolute Gasteiger partial charge is 0.407 e. The number of ether oxygens (including phenoxy) is 2. The Morgan fingerprint density at radius 1 is 0.857 bits per heavy atom. The second-order valence-corrected chi connectivity index (χ2v) is 10.3. The van der Waals surface area contributed by atoms with Crippen molar-refractivity contribution in [1.29, 1.82) is 0 Å². The minimum Gasteiger partial charge on any atom is -0.480 e. The van der Waals surface area contributed by atoms with E-state index in [4.69, 9.17) is 15.2 Å². The number of amides is 4. The lowest BCUT2D eigenvalue weighted by Crippen LogP contribution is -2.55. The van der Waals surface area contributed by atoms with Crippen LogP contribution in [0.4, 0.5) is 9.59 Å². The molecule has 0 radical (unpaired) electrons. The summed E-state index contributed by atoms with van der Waals surface area (Å²) in [5.74, 6) is -2.31. The van der Waals surface area contributed by atoms with Gasteiger partial charge in [-0.15, -0.1) is 0 Å². The summed E-state index contributed by atoms with van der Waals surface area (Å²) in [6.07, 6.45) is 2.12. The molecule has 13 nitrogen and oxygen atoms in total. The lowest BCUT2D eigenvalue weighted by atomic mass is 10.0. The Kier molecular flexibility index (Phi) is 18.0. The second kappa shape index (κ2) is 20.9. The molecule has 3 atom stereocenters. The number of nitrogens with one attached hydrogen (secondary N) is 4. The molecule has 42 heavy (non-hydrogen) atoms. The number of alkyl carbamates (subject to hydrolysis) is 1. The van der Waals surface area contributed by atoms with Gasteiger partial charge in [0, 0.05) is 6.54 Å². The lowest BCUT2D eigenvalue weighted by Gasteiger charge is -2.24. The van der Waals surface area contributed by atoms with Gasteiger partial charge in [-0.05, 0) is 69.9 Å². The van der Waals surface area contributed by atoms with Crippen LogP contribution in [0.1, 0.15) is 71.3 Å². The average Bonchev–Trinajstić information content (AvgIpc) is 2.94. The molecule has 0 aliphatic rings. The van der Waals surface area contributed by atoms with E-state index in [2.05, 4.69) is 21.3 Å². The fourth-order valence-electron chi connectivity index (χ4n) is 4.02. The highest BCUT2D eigenvalue weighted by Gasteiger charge is 2.29. The van der Waals surface area contributed by atoms with Crippen LogP contribution in [0.25, 0.3) is 0 Å². The van der Waals surface area contributed by atoms with Crippen LogP contribution in [0.15, 0.2) is 30.3 Å². The van der Waals surface area contributed by atoms with Crippen LogP contribution < -0.4 is 27.0 Å². The van der Waals surface area contributed by atoms with Crippen molar-refractivity contribution >= 4 is 30.0 Å². The number of aliphatic carboxylic acids is 1. The molecule has 0 saturated carbocycles. The molecule has 1 unspecified atom stereocenters. The zero-order chi connectivity index (χ0) is 31.3. The van der Waals surface area contributed by atoms with Gasteiger partial charge in [-0.2, -0.15) is 0 Å². The van der Waals surface area contributed by atoms with Crippen molar-refractivity contribution in [3.63, 3.8) is 0 Å². The first-order valence-electron chi connectivity index (χ1n) is 14.5. The molecular formula is C29H47N5O8. The molecule has 0 saturated heterocycles. The Morgan fingerprint density at radius 3 is 2.12 bits per heavy atom. The topological polar surface area (TPSA) is 198 Å². The first-order chi connectivity index (χ1) is 20.1. The van der Waals surface area contributed by atoms with Gasteiger partial charge in [-0.25, -0.2) is 19.2 Å². The number of carbonyl (C=O) groups excluding carboxylic acids is 4. The van der Waals surface area contributed by atoms with Crippen molar-refractivity contribution in [2.75, 3.05) is 19.7 Å². The van der Waals surface area contributed by atoms with Gasteiger partial charge in [-0.3, -0.25) is 4.79 Å². The number of nitrogens with two attached hydrogens (primary N) is 1. The molecule has 0 heterocycles. The molecule has 0 spiro atoms. The van der Waals surface area contributed by atoms with Crippen molar-refractivity contribution in [2.45, 2.75) is 90.4 Å². The standard InChI is InChI=1S/C29H47N5O8/c1-4-41-27(38)24(18-20(2)3)32-25(35)22(33-28(39)34-23(26(36)37)15-8-10-16-30)14-9-11-17-31-29(40)42-19-21-12-6-5-7-13-21/h5-7,12-13,20,22-24H,4,8-11,14-19,30H2,1-3H3,(H,31,40)(H,32,35)(H,36,37)(H2,33,34,39)/t22-,23+,24?/m1/s1. The van der Waals surface area contributed by atoms with Gasteiger partial charge in [-0.1, -0.05) is 44.2 Å². The summed E-state index contributed by atoms with van der Waals surface area (Å²) in [5.41, 5.74) is 6.33. The summed E-state index contributed by atoms with van der Waals surface area (Å²) >= 11 is 0. The van der Waals surface area contributed by atoms with E-state index in [0.29, 0.717) is 38.6 Å². The minimum absolute atomic E-state index is 0.0759. The van der Waals surface area contributed by atoms with E-state index in [1.807, 2.05) is 44.2 Å². The molecule has 0 aromatic heterocycles. The third-order valence-corrected chi connectivity index (χ3v) is 6.17. The van der Waals surface area contributed by atoms with Crippen LogP contribution >= 0.6 is 0 Å². The van der Waals surface area contributed by atoms with Crippen molar-refractivity contribution in [3.05, 3.63) is 35.9 Å². The number of hydrogen-bond donors (Lipinski definition) is 6.